The Kier molecular flexibility index (Phi) is 3.66. The highest BCUT2D eigenvalue weighted by Gasteiger charge is 2.28. The van der Waals surface area contributed by atoms with E-state index in [1.165, 1.54) is 11.1 Å². The van der Waals surface area contributed by atoms with E-state index < -0.39 is 0 Å². The zero-order chi connectivity index (χ0) is 12.4. The molecular formula is C11H14BrN3O2. The molecule has 0 radical (unpaired) electrons. The summed E-state index contributed by atoms with van der Waals surface area (Å²) in [5.74, 6) is 5.56. The van der Waals surface area contributed by atoms with Crippen LogP contribution in [-0.2, 0) is 4.79 Å². The molecule has 1 amide bonds. The van der Waals surface area contributed by atoms with Gasteiger partial charge in [0.15, 0.2) is 0 Å². The number of aromatic hydroxyl groups is 1. The first-order valence-corrected chi connectivity index (χ1v) is 6.18. The van der Waals surface area contributed by atoms with Gasteiger partial charge < -0.3 is 10.4 Å². The van der Waals surface area contributed by atoms with Gasteiger partial charge in [-0.05, 0) is 31.0 Å². The number of carbonyl (C=O) groups excluding carboxylic acids is 1. The van der Waals surface area contributed by atoms with Crippen LogP contribution in [-0.4, -0.2) is 28.6 Å². The van der Waals surface area contributed by atoms with E-state index >= 15 is 0 Å². The second-order valence-corrected chi connectivity index (χ2v) is 4.96. The maximum atomic E-state index is 11.9. The summed E-state index contributed by atoms with van der Waals surface area (Å²) in [4.78, 5) is 11.9. The third kappa shape index (κ3) is 2.77. The number of carbonyl (C=O) groups is 1. The van der Waals surface area contributed by atoms with Crippen molar-refractivity contribution in [2.24, 2.45) is 5.84 Å². The van der Waals surface area contributed by atoms with E-state index in [2.05, 4.69) is 21.2 Å². The van der Waals surface area contributed by atoms with Crippen molar-refractivity contribution in [2.45, 2.75) is 18.9 Å². The smallest absolute Gasteiger partial charge is 0.243 e. The Hall–Kier alpha value is -1.11. The summed E-state index contributed by atoms with van der Waals surface area (Å²) in [5.41, 5.74) is 0.393. The number of halogens is 1. The quantitative estimate of drug-likeness (QED) is 0.570. The molecule has 0 saturated carbocycles. The third-order valence-corrected chi connectivity index (χ3v) is 3.31. The summed E-state index contributed by atoms with van der Waals surface area (Å²) in [6.45, 7) is 0.725. The number of nitrogens with two attached hydrogens (primary N) is 1. The van der Waals surface area contributed by atoms with Gasteiger partial charge in [0.1, 0.15) is 11.8 Å². The standard InChI is InChI=1S/C11H14BrN3O2/c12-7-3-4-10(16)8(6-7)14-11(17)9-2-1-5-15(9)13/h3-4,6,9,16H,1-2,5,13H2,(H,14,17). The second-order valence-electron chi connectivity index (χ2n) is 4.05. The average molecular weight is 300 g/mol. The molecule has 1 unspecified atom stereocenters. The Bertz CT molecular complexity index is 439. The van der Waals surface area contributed by atoms with E-state index in [1.54, 1.807) is 12.1 Å². The highest BCUT2D eigenvalue weighted by Crippen LogP contribution is 2.27. The van der Waals surface area contributed by atoms with Gasteiger partial charge in [-0.15, -0.1) is 0 Å². The summed E-state index contributed by atoms with van der Waals surface area (Å²) < 4.78 is 0.793. The topological polar surface area (TPSA) is 78.6 Å². The summed E-state index contributed by atoms with van der Waals surface area (Å²) >= 11 is 3.28. The summed E-state index contributed by atoms with van der Waals surface area (Å²) in [7, 11) is 0. The van der Waals surface area contributed by atoms with Crippen LogP contribution in [0.5, 0.6) is 5.75 Å². The van der Waals surface area contributed by atoms with E-state index in [9.17, 15) is 9.90 Å². The molecule has 5 nitrogen and oxygen atoms in total. The van der Waals surface area contributed by atoms with Crippen LogP contribution in [0, 0.1) is 0 Å². The number of amides is 1. The number of phenolic OH excluding ortho intramolecular Hbond substituents is 1. The highest BCUT2D eigenvalue weighted by molar-refractivity contribution is 9.10. The molecule has 1 atom stereocenters. The molecule has 6 heteroatoms. The normalized spacial score (nSPS) is 20.5. The van der Waals surface area contributed by atoms with Gasteiger partial charge in [0, 0.05) is 11.0 Å². The molecule has 0 aliphatic carbocycles. The van der Waals surface area contributed by atoms with Crippen LogP contribution in [0.1, 0.15) is 12.8 Å². The molecule has 2 rings (SSSR count). The van der Waals surface area contributed by atoms with Gasteiger partial charge in [-0.2, -0.15) is 0 Å². The maximum Gasteiger partial charge on any atom is 0.243 e. The number of phenols is 1. The van der Waals surface area contributed by atoms with Crippen LogP contribution in [0.4, 0.5) is 5.69 Å². The first kappa shape index (κ1) is 12.3. The molecule has 1 aliphatic rings. The Balaban J connectivity index is 2.10. The molecule has 92 valence electrons. The molecule has 0 spiro atoms. The molecule has 4 N–H and O–H groups in total. The van der Waals surface area contributed by atoms with Crippen molar-refractivity contribution in [1.29, 1.82) is 0 Å². The Morgan fingerprint density at radius 2 is 2.35 bits per heavy atom. The molecule has 1 fully saturated rings. The monoisotopic (exact) mass is 299 g/mol. The summed E-state index contributed by atoms with van der Waals surface area (Å²) in [6, 6.07) is 4.57. The van der Waals surface area contributed by atoms with E-state index in [1.807, 2.05) is 0 Å². The molecule has 17 heavy (non-hydrogen) atoms. The van der Waals surface area contributed by atoms with E-state index in [0.29, 0.717) is 5.69 Å². The van der Waals surface area contributed by atoms with Crippen molar-refractivity contribution in [3.8, 4) is 5.75 Å². The molecule has 0 aromatic heterocycles. The predicted molar refractivity (Wildman–Crippen MR) is 68.4 cm³/mol. The molecule has 0 bridgehead atoms. The Morgan fingerprint density at radius 3 is 3.00 bits per heavy atom. The number of hydrogen-bond acceptors (Lipinski definition) is 4. The highest BCUT2D eigenvalue weighted by atomic mass is 79.9. The second kappa shape index (κ2) is 5.03. The minimum Gasteiger partial charge on any atom is -0.506 e. The number of hydrazine groups is 1. The lowest BCUT2D eigenvalue weighted by Crippen LogP contribution is -2.43. The van der Waals surface area contributed by atoms with Gasteiger partial charge in [0.05, 0.1) is 5.69 Å². The van der Waals surface area contributed by atoms with Crippen molar-refractivity contribution in [2.75, 3.05) is 11.9 Å². The lowest BCUT2D eigenvalue weighted by Gasteiger charge is -2.18. The van der Waals surface area contributed by atoms with E-state index in [4.69, 9.17) is 5.84 Å². The largest absolute Gasteiger partial charge is 0.506 e. The molecule has 1 aromatic carbocycles. The van der Waals surface area contributed by atoms with Crippen molar-refractivity contribution in [1.82, 2.24) is 5.01 Å². The number of anilines is 1. The lowest BCUT2D eigenvalue weighted by atomic mass is 10.2. The first-order chi connectivity index (χ1) is 8.08. The van der Waals surface area contributed by atoms with Crippen LogP contribution >= 0.6 is 15.9 Å². The van der Waals surface area contributed by atoms with Crippen LogP contribution < -0.4 is 11.2 Å². The van der Waals surface area contributed by atoms with Crippen molar-refractivity contribution in [3.05, 3.63) is 22.7 Å². The van der Waals surface area contributed by atoms with Gasteiger partial charge in [-0.25, -0.2) is 5.01 Å². The molecule has 1 aromatic rings. The maximum absolute atomic E-state index is 11.9. The zero-order valence-electron chi connectivity index (χ0n) is 9.19. The summed E-state index contributed by atoms with van der Waals surface area (Å²) in [6.07, 6.45) is 1.66. The van der Waals surface area contributed by atoms with Crippen LogP contribution in [0.2, 0.25) is 0 Å². The fourth-order valence-corrected chi connectivity index (χ4v) is 2.26. The van der Waals surface area contributed by atoms with Crippen LogP contribution in [0.25, 0.3) is 0 Å². The van der Waals surface area contributed by atoms with Crippen LogP contribution in [0.3, 0.4) is 0 Å². The molecule has 1 heterocycles. The van der Waals surface area contributed by atoms with Gasteiger partial charge in [0.25, 0.3) is 0 Å². The first-order valence-electron chi connectivity index (χ1n) is 5.38. The van der Waals surface area contributed by atoms with E-state index in [-0.39, 0.29) is 17.7 Å². The SMILES string of the molecule is NN1CCCC1C(=O)Nc1cc(Br)ccc1O. The lowest BCUT2D eigenvalue weighted by molar-refractivity contribution is -0.120. The van der Waals surface area contributed by atoms with Gasteiger partial charge in [-0.1, -0.05) is 15.9 Å². The average Bonchev–Trinajstić information content (AvgIpc) is 2.70. The molecule has 1 saturated heterocycles. The number of benzene rings is 1. The number of rotatable bonds is 2. The third-order valence-electron chi connectivity index (χ3n) is 2.81. The van der Waals surface area contributed by atoms with Crippen LogP contribution in [0.15, 0.2) is 22.7 Å². The van der Waals surface area contributed by atoms with Crippen molar-refractivity contribution < 1.29 is 9.90 Å². The van der Waals surface area contributed by atoms with Gasteiger partial charge in [0.2, 0.25) is 5.91 Å². The Labute approximate surface area is 108 Å². The van der Waals surface area contributed by atoms with Crippen molar-refractivity contribution >= 4 is 27.5 Å². The number of hydrogen-bond donors (Lipinski definition) is 3. The van der Waals surface area contributed by atoms with Gasteiger partial charge in [-0.3, -0.25) is 10.6 Å². The fourth-order valence-electron chi connectivity index (χ4n) is 1.89. The fraction of sp³-hybridized carbons (Fsp3) is 0.364. The minimum atomic E-state index is -0.312. The van der Waals surface area contributed by atoms with Gasteiger partial charge >= 0.3 is 0 Å². The number of nitrogens with one attached hydrogen (secondary N) is 1. The predicted octanol–water partition coefficient (Wildman–Crippen LogP) is 1.43. The van der Waals surface area contributed by atoms with E-state index in [0.717, 1.165) is 23.9 Å². The zero-order valence-corrected chi connectivity index (χ0v) is 10.8. The summed E-state index contributed by atoms with van der Waals surface area (Å²) in [5, 5.41) is 13.8. The molecular weight excluding hydrogens is 286 g/mol. The van der Waals surface area contributed by atoms with Crippen molar-refractivity contribution in [3.63, 3.8) is 0 Å². The molecule has 1 aliphatic heterocycles. The number of nitrogens with zero attached hydrogens (tertiary/aromatic N) is 1. The Morgan fingerprint density at radius 1 is 1.59 bits per heavy atom. The minimum absolute atomic E-state index is 0.0446.